The first-order valence-electron chi connectivity index (χ1n) is 6.62. The second-order valence-electron chi connectivity index (χ2n) is 4.97. The first-order valence-corrected chi connectivity index (χ1v) is 6.62. The predicted molar refractivity (Wildman–Crippen MR) is 80.0 cm³/mol. The summed E-state index contributed by atoms with van der Waals surface area (Å²) in [5.74, 6) is 1.73. The molecule has 1 unspecified atom stereocenters. The third kappa shape index (κ3) is 3.38. The van der Waals surface area contributed by atoms with Crippen molar-refractivity contribution in [2.24, 2.45) is 4.99 Å². The van der Waals surface area contributed by atoms with Crippen LogP contribution in [0.3, 0.4) is 0 Å². The highest BCUT2D eigenvalue weighted by atomic mass is 16.5. The molecular formula is C14H22N4O. The Kier molecular flexibility index (Phi) is 4.27. The minimum Gasteiger partial charge on any atom is -0.480 e. The van der Waals surface area contributed by atoms with Gasteiger partial charge in [0.05, 0.1) is 12.2 Å². The van der Waals surface area contributed by atoms with Crippen LogP contribution >= 0.6 is 0 Å². The Labute approximate surface area is 114 Å². The maximum absolute atomic E-state index is 5.94. The van der Waals surface area contributed by atoms with E-state index >= 15 is 0 Å². The summed E-state index contributed by atoms with van der Waals surface area (Å²) in [6, 6.07) is 5.63. The van der Waals surface area contributed by atoms with E-state index in [4.69, 9.17) is 10.5 Å². The molecule has 1 aliphatic rings. The number of nitrogens with one attached hydrogen (secondary N) is 1. The minimum atomic E-state index is -0.00159. The number of benzene rings is 1. The first-order chi connectivity index (χ1) is 9.10. The van der Waals surface area contributed by atoms with Gasteiger partial charge in [-0.2, -0.15) is 0 Å². The van der Waals surface area contributed by atoms with Gasteiger partial charge in [0.25, 0.3) is 0 Å². The molecule has 1 aromatic carbocycles. The maximum atomic E-state index is 5.94. The van der Waals surface area contributed by atoms with Crippen LogP contribution in [0.5, 0.6) is 5.75 Å². The second kappa shape index (κ2) is 5.93. The molecule has 0 fully saturated rings. The van der Waals surface area contributed by atoms with Gasteiger partial charge in [0, 0.05) is 12.2 Å². The van der Waals surface area contributed by atoms with Crippen LogP contribution in [0.15, 0.2) is 23.2 Å². The Bertz CT molecular complexity index is 471. The molecule has 2 rings (SSSR count). The Morgan fingerprint density at radius 1 is 1.42 bits per heavy atom. The summed E-state index contributed by atoms with van der Waals surface area (Å²) in [5, 5.41) is 3.34. The summed E-state index contributed by atoms with van der Waals surface area (Å²) in [6.45, 7) is 3.77. The largest absolute Gasteiger partial charge is 0.480 e. The number of fused-ring (bicyclic) bond motifs is 1. The van der Waals surface area contributed by atoms with Gasteiger partial charge in [0.1, 0.15) is 11.6 Å². The molecule has 0 radical (unpaired) electrons. The number of hydrogen-bond donors (Lipinski definition) is 2. The van der Waals surface area contributed by atoms with Crippen LogP contribution < -0.4 is 15.8 Å². The van der Waals surface area contributed by atoms with E-state index in [1.807, 2.05) is 32.3 Å². The molecule has 0 bridgehead atoms. The summed E-state index contributed by atoms with van der Waals surface area (Å²) >= 11 is 0. The quantitative estimate of drug-likeness (QED) is 0.812. The van der Waals surface area contributed by atoms with Gasteiger partial charge in [-0.3, -0.25) is 4.99 Å². The Morgan fingerprint density at radius 3 is 2.89 bits per heavy atom. The lowest BCUT2D eigenvalue weighted by Crippen LogP contribution is -2.37. The van der Waals surface area contributed by atoms with Crippen molar-refractivity contribution in [1.29, 1.82) is 0 Å². The summed E-state index contributed by atoms with van der Waals surface area (Å²) in [5.41, 5.74) is 7.41. The number of amidine groups is 1. The number of aliphatic imine (C=N–C) groups is 1. The number of rotatable bonds is 4. The average molecular weight is 262 g/mol. The van der Waals surface area contributed by atoms with Gasteiger partial charge in [-0.1, -0.05) is 6.92 Å². The number of nitrogens with zero attached hydrogens (tertiary/aromatic N) is 2. The Morgan fingerprint density at radius 2 is 2.21 bits per heavy atom. The van der Waals surface area contributed by atoms with E-state index in [9.17, 15) is 0 Å². The van der Waals surface area contributed by atoms with Crippen LogP contribution in [0.2, 0.25) is 0 Å². The number of nitrogen functional groups attached to an aromatic ring is 1. The normalized spacial score (nSPS) is 20.0. The lowest BCUT2D eigenvalue weighted by Gasteiger charge is -2.28. The fourth-order valence-corrected chi connectivity index (χ4v) is 1.96. The van der Waals surface area contributed by atoms with E-state index < -0.39 is 0 Å². The van der Waals surface area contributed by atoms with Gasteiger partial charge in [0.15, 0.2) is 6.10 Å². The number of ether oxygens (including phenoxy) is 1. The molecule has 0 amide bonds. The molecule has 1 aliphatic heterocycles. The van der Waals surface area contributed by atoms with Crippen LogP contribution in [-0.2, 0) is 0 Å². The van der Waals surface area contributed by atoms with E-state index in [0.29, 0.717) is 0 Å². The van der Waals surface area contributed by atoms with Crippen LogP contribution in [0.25, 0.3) is 0 Å². The highest BCUT2D eigenvalue weighted by Crippen LogP contribution is 2.32. The lowest BCUT2D eigenvalue weighted by atomic mass is 10.1. The highest BCUT2D eigenvalue weighted by Gasteiger charge is 2.24. The standard InChI is InChI=1S/C14H22N4O/c1-4-12-14(16-7-8-18(2)3)17-11-9-10(15)5-6-13(11)19-12/h5-6,9,12H,4,7-8,15H2,1-3H3,(H,16,17). The van der Waals surface area contributed by atoms with E-state index in [0.717, 1.165) is 42.5 Å². The molecule has 0 aromatic heterocycles. The summed E-state index contributed by atoms with van der Waals surface area (Å²) in [7, 11) is 4.08. The molecular weight excluding hydrogens is 240 g/mol. The van der Waals surface area contributed by atoms with Crippen molar-refractivity contribution in [1.82, 2.24) is 4.90 Å². The van der Waals surface area contributed by atoms with Crippen LogP contribution in [0, 0.1) is 0 Å². The minimum absolute atomic E-state index is 0.00159. The number of hydrogen-bond acceptors (Lipinski definition) is 4. The zero-order chi connectivity index (χ0) is 13.8. The van der Waals surface area contributed by atoms with Crippen molar-refractivity contribution in [3.63, 3.8) is 0 Å². The molecule has 1 atom stereocenters. The van der Waals surface area contributed by atoms with Crippen molar-refractivity contribution in [2.45, 2.75) is 19.4 Å². The predicted octanol–water partition coefficient (Wildman–Crippen LogP) is 1.81. The van der Waals surface area contributed by atoms with Crippen molar-refractivity contribution >= 4 is 17.2 Å². The lowest BCUT2D eigenvalue weighted by molar-refractivity contribution is 0.258. The molecule has 104 valence electrons. The van der Waals surface area contributed by atoms with Crippen LogP contribution in [0.1, 0.15) is 13.3 Å². The molecule has 5 nitrogen and oxygen atoms in total. The molecule has 0 saturated heterocycles. The second-order valence-corrected chi connectivity index (χ2v) is 4.97. The number of likely N-dealkylation sites (N-methyl/N-ethyl adjacent to an activating group) is 1. The highest BCUT2D eigenvalue weighted by molar-refractivity contribution is 6.02. The molecule has 1 aromatic rings. The number of anilines is 2. The zero-order valence-electron chi connectivity index (χ0n) is 11.8. The monoisotopic (exact) mass is 262 g/mol. The Balaban J connectivity index is 2.16. The third-order valence-corrected chi connectivity index (χ3v) is 3.04. The molecule has 5 heteroatoms. The Hall–Kier alpha value is -1.75. The van der Waals surface area contributed by atoms with Gasteiger partial charge in [-0.05, 0) is 38.7 Å². The van der Waals surface area contributed by atoms with Crippen LogP contribution in [0.4, 0.5) is 11.4 Å². The van der Waals surface area contributed by atoms with E-state index in [1.165, 1.54) is 0 Å². The molecule has 19 heavy (non-hydrogen) atoms. The van der Waals surface area contributed by atoms with E-state index in [1.54, 1.807) is 0 Å². The topological polar surface area (TPSA) is 62.9 Å². The van der Waals surface area contributed by atoms with Crippen molar-refractivity contribution in [2.75, 3.05) is 38.2 Å². The summed E-state index contributed by atoms with van der Waals surface area (Å²) < 4.78 is 5.94. The maximum Gasteiger partial charge on any atom is 0.155 e. The molecule has 0 spiro atoms. The van der Waals surface area contributed by atoms with E-state index in [2.05, 4.69) is 22.1 Å². The SMILES string of the molecule is CCC1Oc2ccc(N)cc2NC1=NCCN(C)C. The van der Waals surface area contributed by atoms with Gasteiger partial charge in [0.2, 0.25) is 0 Å². The number of nitrogens with two attached hydrogens (primary N) is 1. The fourth-order valence-electron chi connectivity index (χ4n) is 1.96. The molecule has 0 saturated carbocycles. The molecule has 3 N–H and O–H groups in total. The third-order valence-electron chi connectivity index (χ3n) is 3.04. The van der Waals surface area contributed by atoms with Crippen LogP contribution in [-0.4, -0.2) is 44.0 Å². The van der Waals surface area contributed by atoms with Crippen molar-refractivity contribution in [3.8, 4) is 5.75 Å². The smallest absolute Gasteiger partial charge is 0.155 e. The molecule has 1 heterocycles. The average Bonchev–Trinajstić information content (AvgIpc) is 2.37. The first kappa shape index (κ1) is 13.7. The van der Waals surface area contributed by atoms with Gasteiger partial charge in [-0.25, -0.2) is 0 Å². The summed E-state index contributed by atoms with van der Waals surface area (Å²) in [6.07, 6.45) is 0.885. The van der Waals surface area contributed by atoms with Gasteiger partial charge < -0.3 is 20.7 Å². The van der Waals surface area contributed by atoms with Crippen molar-refractivity contribution in [3.05, 3.63) is 18.2 Å². The van der Waals surface area contributed by atoms with E-state index in [-0.39, 0.29) is 6.10 Å². The van der Waals surface area contributed by atoms with Crippen molar-refractivity contribution < 1.29 is 4.74 Å². The van der Waals surface area contributed by atoms with Gasteiger partial charge in [-0.15, -0.1) is 0 Å². The molecule has 0 aliphatic carbocycles. The summed E-state index contributed by atoms with van der Waals surface area (Å²) in [4.78, 5) is 6.71. The van der Waals surface area contributed by atoms with Gasteiger partial charge >= 0.3 is 0 Å². The fraction of sp³-hybridized carbons (Fsp3) is 0.500. The zero-order valence-corrected chi connectivity index (χ0v) is 11.8.